The molecule has 1 aromatic heterocycles. The first-order valence-electron chi connectivity index (χ1n) is 10.4. The van der Waals surface area contributed by atoms with Gasteiger partial charge in [0.05, 0.1) is 19.1 Å². The van der Waals surface area contributed by atoms with Gasteiger partial charge in [-0.1, -0.05) is 6.07 Å². The van der Waals surface area contributed by atoms with Gasteiger partial charge in [0, 0.05) is 51.5 Å². The van der Waals surface area contributed by atoms with E-state index in [1.807, 2.05) is 39.0 Å². The number of nitrogens with zero attached hydrogens (tertiary/aromatic N) is 5. The number of amides is 2. The molecule has 2 aliphatic heterocycles. The topological polar surface area (TPSA) is 90.4 Å². The maximum absolute atomic E-state index is 12.5. The van der Waals surface area contributed by atoms with E-state index in [1.165, 1.54) is 0 Å². The molecule has 9 nitrogen and oxygen atoms in total. The third kappa shape index (κ3) is 5.84. The van der Waals surface area contributed by atoms with Crippen molar-refractivity contribution < 1.29 is 14.3 Å². The van der Waals surface area contributed by atoms with Gasteiger partial charge in [0.25, 0.3) is 0 Å². The molecule has 1 saturated heterocycles. The lowest BCUT2D eigenvalue weighted by molar-refractivity contribution is -0.128. The molecular formula is C21H32N6O3. The fourth-order valence-electron chi connectivity index (χ4n) is 3.47. The molecule has 1 unspecified atom stereocenters. The van der Waals surface area contributed by atoms with Crippen LogP contribution in [0.15, 0.2) is 29.4 Å². The number of pyridine rings is 1. The number of fused-ring (bicyclic) bond motifs is 1. The molecule has 30 heavy (non-hydrogen) atoms. The molecule has 0 aliphatic carbocycles. The lowest BCUT2D eigenvalue weighted by atomic mass is 10.2. The number of aromatic nitrogens is 1. The average Bonchev–Trinajstić information content (AvgIpc) is 3.12. The first kappa shape index (κ1) is 21.9. The molecule has 164 valence electrons. The number of rotatable bonds is 5. The summed E-state index contributed by atoms with van der Waals surface area (Å²) >= 11 is 0. The number of likely N-dealkylation sites (N-methyl/N-ethyl adjacent to an activating group) is 1. The molecule has 1 N–H and O–H groups in total. The summed E-state index contributed by atoms with van der Waals surface area (Å²) in [4.78, 5) is 39.2. The second kappa shape index (κ2) is 9.32. The van der Waals surface area contributed by atoms with Crippen LogP contribution < -0.4 is 5.32 Å². The van der Waals surface area contributed by atoms with Crippen LogP contribution in [0.2, 0.25) is 0 Å². The van der Waals surface area contributed by atoms with Crippen molar-refractivity contribution in [1.29, 1.82) is 0 Å². The number of nitrogens with one attached hydrogen (secondary N) is 1. The molecule has 3 rings (SSSR count). The fourth-order valence-corrected chi connectivity index (χ4v) is 3.47. The zero-order valence-electron chi connectivity index (χ0n) is 18.3. The zero-order chi connectivity index (χ0) is 21.7. The van der Waals surface area contributed by atoms with Crippen LogP contribution >= 0.6 is 0 Å². The number of aliphatic imine (C=N–C) groups is 1. The van der Waals surface area contributed by atoms with Crippen LogP contribution in [0.5, 0.6) is 0 Å². The molecule has 0 aromatic carbocycles. The van der Waals surface area contributed by atoms with Crippen molar-refractivity contribution in [2.75, 3.05) is 46.3 Å². The maximum Gasteiger partial charge on any atom is 0.410 e. The Morgan fingerprint density at radius 3 is 2.80 bits per heavy atom. The van der Waals surface area contributed by atoms with Crippen molar-refractivity contribution >= 4 is 18.0 Å². The number of piperazine rings is 1. The van der Waals surface area contributed by atoms with Crippen molar-refractivity contribution in [3.63, 3.8) is 0 Å². The quantitative estimate of drug-likeness (QED) is 0.769. The Morgan fingerprint density at radius 1 is 1.30 bits per heavy atom. The van der Waals surface area contributed by atoms with Gasteiger partial charge >= 0.3 is 6.09 Å². The Kier molecular flexibility index (Phi) is 6.79. The highest BCUT2D eigenvalue weighted by molar-refractivity contribution is 5.87. The summed E-state index contributed by atoms with van der Waals surface area (Å²) in [5.74, 6) is 0.736. The van der Waals surface area contributed by atoms with E-state index in [0.717, 1.165) is 18.1 Å². The minimum Gasteiger partial charge on any atom is -0.444 e. The highest BCUT2D eigenvalue weighted by Crippen LogP contribution is 2.18. The highest BCUT2D eigenvalue weighted by Gasteiger charge is 2.36. The Balaban J connectivity index is 1.42. The average molecular weight is 417 g/mol. The van der Waals surface area contributed by atoms with E-state index in [9.17, 15) is 9.59 Å². The third-order valence-corrected chi connectivity index (χ3v) is 5.11. The molecule has 0 spiro atoms. The second-order valence-corrected chi connectivity index (χ2v) is 8.68. The van der Waals surface area contributed by atoms with Gasteiger partial charge in [-0.3, -0.25) is 14.8 Å². The van der Waals surface area contributed by atoms with E-state index in [1.54, 1.807) is 23.0 Å². The monoisotopic (exact) mass is 416 g/mol. The molecular weight excluding hydrogens is 384 g/mol. The van der Waals surface area contributed by atoms with Crippen LogP contribution in [0.25, 0.3) is 0 Å². The molecule has 0 radical (unpaired) electrons. The van der Waals surface area contributed by atoms with Gasteiger partial charge < -0.3 is 24.8 Å². The van der Waals surface area contributed by atoms with Crippen LogP contribution in [0.4, 0.5) is 4.79 Å². The zero-order valence-corrected chi connectivity index (χ0v) is 18.3. The van der Waals surface area contributed by atoms with Crippen LogP contribution in [-0.2, 0) is 16.0 Å². The largest absolute Gasteiger partial charge is 0.444 e. The predicted molar refractivity (Wildman–Crippen MR) is 114 cm³/mol. The van der Waals surface area contributed by atoms with Crippen LogP contribution in [-0.4, -0.2) is 95.6 Å². The highest BCUT2D eigenvalue weighted by atomic mass is 16.6. The smallest absolute Gasteiger partial charge is 0.410 e. The summed E-state index contributed by atoms with van der Waals surface area (Å²) in [5, 5.41) is 3.18. The molecule has 0 bridgehead atoms. The van der Waals surface area contributed by atoms with Gasteiger partial charge in [-0.05, 0) is 32.9 Å². The minimum atomic E-state index is -0.504. The number of guanidine groups is 1. The van der Waals surface area contributed by atoms with E-state index < -0.39 is 5.60 Å². The number of hydrogen-bond acceptors (Lipinski definition) is 7. The lowest BCUT2D eigenvalue weighted by Gasteiger charge is -2.39. The SMILES string of the molecule is CN(CCc1ccccn1)C(=O)CNC1=NCC2CN(C(=O)OC(C)(C)C)CCN12. The summed E-state index contributed by atoms with van der Waals surface area (Å²) < 4.78 is 5.47. The number of hydrogen-bond donors (Lipinski definition) is 1. The van der Waals surface area contributed by atoms with E-state index in [2.05, 4.69) is 20.2 Å². The van der Waals surface area contributed by atoms with Crippen molar-refractivity contribution in [3.8, 4) is 0 Å². The normalized spacial score (nSPS) is 18.5. The van der Waals surface area contributed by atoms with Crippen LogP contribution in [0.1, 0.15) is 26.5 Å². The summed E-state index contributed by atoms with van der Waals surface area (Å²) in [7, 11) is 1.80. The van der Waals surface area contributed by atoms with Crippen LogP contribution in [0.3, 0.4) is 0 Å². The molecule has 2 amide bonds. The summed E-state index contributed by atoms with van der Waals surface area (Å²) in [5.41, 5.74) is 0.465. The molecule has 0 saturated carbocycles. The molecule has 1 atom stereocenters. The minimum absolute atomic E-state index is 0.00414. The molecule has 9 heteroatoms. The number of carbonyl (C=O) groups excluding carboxylic acids is 2. The molecule has 1 fully saturated rings. The van der Waals surface area contributed by atoms with E-state index in [0.29, 0.717) is 32.7 Å². The van der Waals surface area contributed by atoms with Gasteiger partial charge in [-0.2, -0.15) is 0 Å². The van der Waals surface area contributed by atoms with E-state index in [-0.39, 0.29) is 24.6 Å². The number of ether oxygens (including phenoxy) is 1. The summed E-state index contributed by atoms with van der Waals surface area (Å²) in [6.07, 6.45) is 2.20. The Bertz CT molecular complexity index is 777. The Morgan fingerprint density at radius 2 is 2.10 bits per heavy atom. The van der Waals surface area contributed by atoms with Crippen LogP contribution in [0, 0.1) is 0 Å². The fraction of sp³-hybridized carbons (Fsp3) is 0.619. The van der Waals surface area contributed by atoms with Crippen molar-refractivity contribution in [2.45, 2.75) is 38.8 Å². The summed E-state index contributed by atoms with van der Waals surface area (Å²) in [6, 6.07) is 5.90. The van der Waals surface area contributed by atoms with Crippen molar-refractivity contribution in [2.24, 2.45) is 4.99 Å². The predicted octanol–water partition coefficient (Wildman–Crippen LogP) is 0.963. The molecule has 3 heterocycles. The number of carbonyl (C=O) groups is 2. The van der Waals surface area contributed by atoms with Gasteiger partial charge in [-0.25, -0.2) is 4.79 Å². The van der Waals surface area contributed by atoms with Gasteiger partial charge in [0.15, 0.2) is 5.96 Å². The van der Waals surface area contributed by atoms with Crippen molar-refractivity contribution in [1.82, 2.24) is 25.0 Å². The first-order valence-corrected chi connectivity index (χ1v) is 10.4. The summed E-state index contributed by atoms with van der Waals surface area (Å²) in [6.45, 7) is 8.82. The Hall–Kier alpha value is -2.84. The lowest BCUT2D eigenvalue weighted by Crippen LogP contribution is -2.58. The Labute approximate surface area is 178 Å². The van der Waals surface area contributed by atoms with Crippen molar-refractivity contribution in [3.05, 3.63) is 30.1 Å². The van der Waals surface area contributed by atoms with Gasteiger partial charge in [0.2, 0.25) is 5.91 Å². The maximum atomic E-state index is 12.5. The first-order chi connectivity index (χ1) is 14.2. The molecule has 1 aromatic rings. The third-order valence-electron chi connectivity index (χ3n) is 5.11. The standard InChI is InChI=1S/C21H32N6O3/c1-21(2,3)30-20(29)26-11-12-27-17(15-26)13-23-19(27)24-14-18(28)25(4)10-8-16-7-5-6-9-22-16/h5-7,9,17H,8,10-15H2,1-4H3,(H,23,24). The van der Waals surface area contributed by atoms with Gasteiger partial charge in [0.1, 0.15) is 5.60 Å². The second-order valence-electron chi connectivity index (χ2n) is 8.68. The molecule has 2 aliphatic rings. The van der Waals surface area contributed by atoms with E-state index >= 15 is 0 Å². The van der Waals surface area contributed by atoms with E-state index in [4.69, 9.17) is 4.74 Å². The van der Waals surface area contributed by atoms with Gasteiger partial charge in [-0.15, -0.1) is 0 Å².